The Hall–Kier alpha value is -0.746. The fourth-order valence-electron chi connectivity index (χ4n) is 0.543. The molecule has 0 aromatic carbocycles. The topological polar surface area (TPSA) is 77.3 Å². The van der Waals surface area contributed by atoms with Gasteiger partial charge < -0.3 is 20.9 Å². The van der Waals surface area contributed by atoms with Crippen molar-refractivity contribution < 1.29 is 46.9 Å². The third-order valence-electron chi connectivity index (χ3n) is 1.04. The fourth-order valence-corrected chi connectivity index (χ4v) is 0.543. The number of carbonyl (C=O) groups excluding carboxylic acids is 1. The zero-order valence-electron chi connectivity index (χ0n) is 6.90. The maximum absolute atomic E-state index is 10.7. The Balaban J connectivity index is 0.00000144. The van der Waals surface area contributed by atoms with E-state index in [1.807, 2.05) is 0 Å². The van der Waals surface area contributed by atoms with E-state index in [0.717, 1.165) is 0 Å². The van der Waals surface area contributed by atoms with Gasteiger partial charge in [-0.1, -0.05) is 0 Å². The Bertz CT molecular complexity index is 299. The summed E-state index contributed by atoms with van der Waals surface area (Å²) in [4.78, 5) is 10.7. The molecule has 1 aromatic rings. The molecule has 67 valence electrons. The molecule has 0 saturated carbocycles. The number of hydrogen-bond acceptors (Lipinski definition) is 5. The molecule has 7 heteroatoms. The van der Waals surface area contributed by atoms with Crippen molar-refractivity contribution in [3.63, 3.8) is 0 Å². The minimum atomic E-state index is -0.524. The van der Waals surface area contributed by atoms with Crippen molar-refractivity contribution in [3.8, 4) is 5.88 Å². The van der Waals surface area contributed by atoms with Crippen LogP contribution >= 0.6 is 0 Å². The van der Waals surface area contributed by atoms with Crippen molar-refractivity contribution in [2.24, 2.45) is 0 Å². The van der Waals surface area contributed by atoms with E-state index in [9.17, 15) is 4.79 Å². The second-order valence-electron chi connectivity index (χ2n) is 1.75. The second kappa shape index (κ2) is 5.82. The Morgan fingerprint density at radius 1 is 1.69 bits per heavy atom. The quantitative estimate of drug-likeness (QED) is 0.609. The van der Waals surface area contributed by atoms with Crippen molar-refractivity contribution >= 4 is 11.7 Å². The molecule has 0 aliphatic rings. The summed E-state index contributed by atoms with van der Waals surface area (Å²) in [5.74, 6) is -0.304. The molecule has 0 saturated heterocycles. The third kappa shape index (κ3) is 3.24. The Labute approximate surface area is 99.5 Å². The first-order valence-electron chi connectivity index (χ1n) is 2.98. The first-order valence-corrected chi connectivity index (χ1v) is 2.98. The van der Waals surface area contributed by atoms with Gasteiger partial charge in [-0.05, 0) is 10.3 Å². The largest absolute Gasteiger partial charge is 0.476 e. The van der Waals surface area contributed by atoms with Crippen LogP contribution in [-0.4, -0.2) is 23.3 Å². The van der Waals surface area contributed by atoms with Crippen molar-refractivity contribution in [2.75, 3.05) is 12.4 Å². The van der Waals surface area contributed by atoms with E-state index >= 15 is 0 Å². The van der Waals surface area contributed by atoms with Gasteiger partial charge in [0.1, 0.15) is 0 Å². The molecule has 0 atom stereocenters. The first-order chi connectivity index (χ1) is 5.77. The van der Waals surface area contributed by atoms with E-state index < -0.39 is 5.91 Å². The molecule has 0 spiro atoms. The number of amides is 1. The fraction of sp³-hybridized carbons (Fsp3) is 0.167. The zero-order chi connectivity index (χ0) is 8.97. The average molecular weight is 257 g/mol. The van der Waals surface area contributed by atoms with Crippen LogP contribution in [0.3, 0.4) is 0 Å². The minimum absolute atomic E-state index is 0. The van der Waals surface area contributed by atoms with Gasteiger partial charge in [0.05, 0.1) is 13.0 Å². The molecule has 1 radical (unpaired) electrons. The summed E-state index contributed by atoms with van der Waals surface area (Å²) in [6.07, 6.45) is 2.09. The molecule has 0 aliphatic heterocycles. The molecule has 13 heavy (non-hydrogen) atoms. The molecular weight excluding hydrogens is 251 g/mol. The molecule has 0 aliphatic carbocycles. The predicted molar refractivity (Wildman–Crippen MR) is 38.3 cm³/mol. The van der Waals surface area contributed by atoms with E-state index in [1.165, 1.54) is 7.11 Å². The van der Waals surface area contributed by atoms with Crippen LogP contribution in [0.1, 0.15) is 0 Å². The number of methoxy groups -OCH3 is 1. The molecule has 0 fully saturated rings. The standard InChI is InChI=1S/C6H6N3O3.Y/c1-3-4(10)7-5-6(11-2)9-12-8-5;/h1H2,2H3,(H,7,8,10);/q-1;. The number of ether oxygens (including phenoxy) is 1. The van der Waals surface area contributed by atoms with Crippen molar-refractivity contribution in [1.29, 1.82) is 0 Å². The monoisotopic (exact) mass is 257 g/mol. The summed E-state index contributed by atoms with van der Waals surface area (Å²) in [7, 11) is 1.38. The van der Waals surface area contributed by atoms with Crippen LogP contribution in [-0.2, 0) is 37.5 Å². The number of nitrogens with one attached hydrogen (secondary N) is 1. The van der Waals surface area contributed by atoms with E-state index in [-0.39, 0.29) is 44.4 Å². The minimum Gasteiger partial charge on any atom is -0.476 e. The summed E-state index contributed by atoms with van der Waals surface area (Å²) in [6, 6.07) is 0. The van der Waals surface area contributed by atoms with Gasteiger partial charge in [0.2, 0.25) is 5.82 Å². The maximum Gasteiger partial charge on any atom is 0.300 e. The van der Waals surface area contributed by atoms with Gasteiger partial charge in [-0.25, -0.2) is 4.63 Å². The van der Waals surface area contributed by atoms with Crippen LogP contribution in [0.25, 0.3) is 0 Å². The summed E-state index contributed by atoms with van der Waals surface area (Å²) in [5.41, 5.74) is 0. The molecule has 0 bridgehead atoms. The third-order valence-corrected chi connectivity index (χ3v) is 1.04. The molecule has 1 aromatic heterocycles. The van der Waals surface area contributed by atoms with E-state index in [1.54, 1.807) is 0 Å². The summed E-state index contributed by atoms with van der Waals surface area (Å²) >= 11 is 0. The zero-order valence-corrected chi connectivity index (χ0v) is 9.74. The van der Waals surface area contributed by atoms with Gasteiger partial charge in [-0.3, -0.25) is 6.58 Å². The van der Waals surface area contributed by atoms with Crippen molar-refractivity contribution in [2.45, 2.75) is 0 Å². The molecule has 1 heterocycles. The molecular formula is C6H6N3O3Y-. The van der Waals surface area contributed by atoms with Crippen LogP contribution in [0.5, 0.6) is 5.88 Å². The van der Waals surface area contributed by atoms with Crippen LogP contribution in [0.2, 0.25) is 0 Å². The maximum atomic E-state index is 10.7. The van der Waals surface area contributed by atoms with E-state index in [2.05, 4.69) is 32.9 Å². The van der Waals surface area contributed by atoms with E-state index in [4.69, 9.17) is 4.74 Å². The number of nitrogens with zero attached hydrogens (tertiary/aromatic N) is 2. The summed E-state index contributed by atoms with van der Waals surface area (Å²) < 4.78 is 8.99. The normalized spacial score (nSPS) is 8.38. The smallest absolute Gasteiger partial charge is 0.300 e. The SMILES string of the molecule is C=[C-]C(=O)Nc1nonc1OC.[Y]. The van der Waals surface area contributed by atoms with Crippen molar-refractivity contribution in [3.05, 3.63) is 12.7 Å². The van der Waals surface area contributed by atoms with E-state index in [0.29, 0.717) is 0 Å². The average Bonchev–Trinajstić information content (AvgIpc) is 2.51. The molecule has 0 unspecified atom stereocenters. The number of anilines is 1. The van der Waals surface area contributed by atoms with Crippen LogP contribution < -0.4 is 10.1 Å². The summed E-state index contributed by atoms with van der Waals surface area (Å²) in [6.45, 7) is 3.14. The van der Waals surface area contributed by atoms with Crippen LogP contribution in [0.15, 0.2) is 11.2 Å². The Morgan fingerprint density at radius 3 is 2.92 bits per heavy atom. The van der Waals surface area contributed by atoms with Gasteiger partial charge in [0.15, 0.2) is 0 Å². The molecule has 6 nitrogen and oxygen atoms in total. The number of rotatable bonds is 3. The molecule has 1 rings (SSSR count). The van der Waals surface area contributed by atoms with Crippen LogP contribution in [0, 0.1) is 6.08 Å². The number of carbonyl (C=O) groups is 1. The van der Waals surface area contributed by atoms with Gasteiger partial charge in [-0.15, -0.1) is 0 Å². The van der Waals surface area contributed by atoms with Crippen molar-refractivity contribution in [1.82, 2.24) is 10.3 Å². The van der Waals surface area contributed by atoms with Crippen LogP contribution in [0.4, 0.5) is 5.82 Å². The molecule has 1 amide bonds. The van der Waals surface area contributed by atoms with Gasteiger partial charge in [-0.2, -0.15) is 0 Å². The second-order valence-corrected chi connectivity index (χ2v) is 1.75. The Morgan fingerprint density at radius 2 is 2.38 bits per heavy atom. The molecule has 1 N–H and O–H groups in total. The number of hydrogen-bond donors (Lipinski definition) is 1. The van der Waals surface area contributed by atoms with Gasteiger partial charge in [0.25, 0.3) is 5.88 Å². The Kier molecular flexibility index (Phi) is 5.49. The van der Waals surface area contributed by atoms with Gasteiger partial charge in [0, 0.05) is 32.7 Å². The van der Waals surface area contributed by atoms with Gasteiger partial charge >= 0.3 is 0 Å². The summed E-state index contributed by atoms with van der Waals surface area (Å²) in [5, 5.41) is 9.00. The first kappa shape index (κ1) is 12.3. The predicted octanol–water partition coefficient (Wildman–Crippen LogP) is 0.00339. The number of aromatic nitrogens is 2.